The topological polar surface area (TPSA) is 133 Å². The van der Waals surface area contributed by atoms with Gasteiger partial charge < -0.3 is 0 Å². The molecule has 2 heterocycles. The normalized spacial score (nSPS) is 25.7. The summed E-state index contributed by atoms with van der Waals surface area (Å²) in [6.45, 7) is 3.58. The van der Waals surface area contributed by atoms with Crippen LogP contribution in [0.3, 0.4) is 0 Å². The molecular formula is C24H37ClCuN4O6. The molecule has 207 valence electrons. The van der Waals surface area contributed by atoms with E-state index in [0.717, 1.165) is 64.2 Å². The molecule has 4 fully saturated rings. The van der Waals surface area contributed by atoms with Crippen LogP contribution in [0, 0.1) is 11.8 Å². The van der Waals surface area contributed by atoms with E-state index < -0.39 is 35.7 Å². The summed E-state index contributed by atoms with van der Waals surface area (Å²) in [5.41, 5.74) is 0. The minimum absolute atomic E-state index is 0. The first-order chi connectivity index (χ1) is 16.3. The van der Waals surface area contributed by atoms with E-state index >= 15 is 0 Å². The number of carbonyl (C=O) groups excluding carboxylic acids is 6. The first-order valence-corrected chi connectivity index (χ1v) is 12.7. The number of nitrogens with zero attached hydrogens (tertiary/aromatic N) is 2. The van der Waals surface area contributed by atoms with Gasteiger partial charge in [-0.3, -0.25) is 39.6 Å². The summed E-state index contributed by atoms with van der Waals surface area (Å²) in [7, 11) is 0. The number of hydrogen-bond donors (Lipinski definition) is 2. The average molecular weight is 577 g/mol. The van der Waals surface area contributed by atoms with Gasteiger partial charge in [0.15, 0.2) is 0 Å². The molecule has 0 spiro atoms. The molecule has 2 aliphatic heterocycles. The number of halogens is 1. The molecule has 0 bridgehead atoms. The van der Waals surface area contributed by atoms with Crippen molar-refractivity contribution in [3.05, 3.63) is 0 Å². The van der Waals surface area contributed by atoms with Crippen molar-refractivity contribution in [3.8, 4) is 0 Å². The molecule has 8 amide bonds. The first-order valence-electron chi connectivity index (χ1n) is 12.7. The summed E-state index contributed by atoms with van der Waals surface area (Å²) in [6.07, 6.45) is 10.9. The van der Waals surface area contributed by atoms with Gasteiger partial charge in [-0.2, -0.15) is 0 Å². The summed E-state index contributed by atoms with van der Waals surface area (Å²) >= 11 is 0. The largest absolute Gasteiger partial charge is 0.331 e. The summed E-state index contributed by atoms with van der Waals surface area (Å²) in [6, 6.07) is -1.09. The van der Waals surface area contributed by atoms with Crippen LogP contribution in [0.2, 0.25) is 0 Å². The van der Waals surface area contributed by atoms with Gasteiger partial charge in [0, 0.05) is 29.2 Å². The molecule has 2 N–H and O–H groups in total. The van der Waals surface area contributed by atoms with Crippen LogP contribution in [0.4, 0.5) is 9.59 Å². The van der Waals surface area contributed by atoms with Crippen LogP contribution in [0.5, 0.6) is 0 Å². The Morgan fingerprint density at radius 1 is 0.611 bits per heavy atom. The van der Waals surface area contributed by atoms with Crippen LogP contribution in [-0.4, -0.2) is 57.6 Å². The van der Waals surface area contributed by atoms with Crippen LogP contribution < -0.4 is 10.6 Å². The third-order valence-corrected chi connectivity index (χ3v) is 7.30. The van der Waals surface area contributed by atoms with E-state index in [2.05, 4.69) is 10.6 Å². The van der Waals surface area contributed by atoms with E-state index in [1.165, 1.54) is 9.80 Å². The zero-order valence-corrected chi connectivity index (χ0v) is 22.6. The number of rotatable bonds is 4. The Balaban J connectivity index is 0.000000341. The van der Waals surface area contributed by atoms with Gasteiger partial charge in [0.1, 0.15) is 11.8 Å². The number of barbiturate groups is 2. The van der Waals surface area contributed by atoms with Gasteiger partial charge in [-0.25, -0.2) is 9.59 Å². The molecule has 2 saturated carbocycles. The number of carbonyl (C=O) groups is 6. The number of nitrogens with one attached hydrogen (secondary N) is 2. The van der Waals surface area contributed by atoms with E-state index in [9.17, 15) is 28.8 Å². The fourth-order valence-corrected chi connectivity index (χ4v) is 5.36. The molecule has 10 nitrogen and oxygen atoms in total. The van der Waals surface area contributed by atoms with E-state index in [4.69, 9.17) is 0 Å². The van der Waals surface area contributed by atoms with Crippen LogP contribution in [0.25, 0.3) is 0 Å². The minimum Gasteiger partial charge on any atom is -0.277 e. The molecule has 2 saturated heterocycles. The predicted molar refractivity (Wildman–Crippen MR) is 129 cm³/mol. The van der Waals surface area contributed by atoms with Crippen molar-refractivity contribution in [1.82, 2.24) is 20.4 Å². The SMILES string of the molecule is CCC1C(=O)NC(=O)N(C2CCCCC2)C1=O.CCC1C(=O)NC(=O)N(C2CCCCC2)C1=O.Cl.[Cu]. The fourth-order valence-electron chi connectivity index (χ4n) is 5.36. The Bertz CT molecular complexity index is 776. The molecule has 36 heavy (non-hydrogen) atoms. The Kier molecular flexibility index (Phi) is 13.1. The van der Waals surface area contributed by atoms with Gasteiger partial charge in [-0.1, -0.05) is 52.4 Å². The second-order valence-corrected chi connectivity index (χ2v) is 9.51. The van der Waals surface area contributed by atoms with Crippen molar-refractivity contribution in [1.29, 1.82) is 0 Å². The average Bonchev–Trinajstić information content (AvgIpc) is 2.81. The van der Waals surface area contributed by atoms with Crippen molar-refractivity contribution in [2.75, 3.05) is 0 Å². The summed E-state index contributed by atoms with van der Waals surface area (Å²) in [5, 5.41) is 4.57. The number of urea groups is 2. The Labute approximate surface area is 228 Å². The smallest absolute Gasteiger partial charge is 0.277 e. The zero-order valence-electron chi connectivity index (χ0n) is 20.8. The standard InChI is InChI=1S/2C12H18N2O3.ClH.Cu/c2*1-2-9-10(15)13-12(17)14(11(9)16)8-6-4-3-5-7-8;;/h2*8-9H,2-7H2,1H3,(H,13,15,17);1H;. The number of hydrogen-bond acceptors (Lipinski definition) is 6. The van der Waals surface area contributed by atoms with Crippen LogP contribution in [0.1, 0.15) is 90.9 Å². The van der Waals surface area contributed by atoms with Crippen LogP contribution >= 0.6 is 12.4 Å². The molecule has 2 atom stereocenters. The second-order valence-electron chi connectivity index (χ2n) is 9.51. The van der Waals surface area contributed by atoms with E-state index in [1.54, 1.807) is 13.8 Å². The third-order valence-electron chi connectivity index (χ3n) is 7.30. The minimum atomic E-state index is -0.686. The maximum absolute atomic E-state index is 12.1. The Morgan fingerprint density at radius 2 is 0.917 bits per heavy atom. The Hall–Kier alpha value is -1.97. The molecule has 0 aromatic rings. The molecule has 4 aliphatic rings. The number of amides is 8. The van der Waals surface area contributed by atoms with Gasteiger partial charge in [0.2, 0.25) is 23.6 Å². The van der Waals surface area contributed by atoms with Crippen LogP contribution in [-0.2, 0) is 36.2 Å². The van der Waals surface area contributed by atoms with Gasteiger partial charge in [0.25, 0.3) is 0 Å². The van der Waals surface area contributed by atoms with Crippen molar-refractivity contribution in [2.45, 2.75) is 103 Å². The van der Waals surface area contributed by atoms with Crippen LogP contribution in [0.15, 0.2) is 0 Å². The summed E-state index contributed by atoms with van der Waals surface area (Å²) in [4.78, 5) is 73.3. The maximum atomic E-state index is 12.1. The zero-order chi connectivity index (χ0) is 24.8. The van der Waals surface area contributed by atoms with Gasteiger partial charge in [-0.05, 0) is 38.5 Å². The van der Waals surface area contributed by atoms with Gasteiger partial charge >= 0.3 is 12.1 Å². The van der Waals surface area contributed by atoms with Gasteiger partial charge in [-0.15, -0.1) is 12.4 Å². The fraction of sp³-hybridized carbons (Fsp3) is 0.750. The quantitative estimate of drug-likeness (QED) is 0.390. The van der Waals surface area contributed by atoms with Crippen molar-refractivity contribution in [2.24, 2.45) is 11.8 Å². The van der Waals surface area contributed by atoms with Gasteiger partial charge in [0.05, 0.1) is 0 Å². The van der Waals surface area contributed by atoms with Crippen molar-refractivity contribution < 1.29 is 45.8 Å². The Morgan fingerprint density at radius 3 is 1.19 bits per heavy atom. The van der Waals surface area contributed by atoms with Crippen molar-refractivity contribution in [3.63, 3.8) is 0 Å². The third kappa shape index (κ3) is 7.07. The summed E-state index contributed by atoms with van der Waals surface area (Å²) < 4.78 is 0. The first kappa shape index (κ1) is 32.1. The van der Waals surface area contributed by atoms with E-state index in [1.807, 2.05) is 0 Å². The predicted octanol–water partition coefficient (Wildman–Crippen LogP) is 3.27. The molecule has 2 unspecified atom stereocenters. The number of imide groups is 4. The molecule has 12 heteroatoms. The monoisotopic (exact) mass is 575 g/mol. The molecular weight excluding hydrogens is 539 g/mol. The summed E-state index contributed by atoms with van der Waals surface area (Å²) in [5.74, 6) is -2.89. The molecule has 0 aromatic heterocycles. The molecule has 2 aliphatic carbocycles. The maximum Gasteiger partial charge on any atom is 0.331 e. The molecule has 4 rings (SSSR count). The van der Waals surface area contributed by atoms with E-state index in [-0.39, 0.29) is 53.4 Å². The van der Waals surface area contributed by atoms with E-state index in [0.29, 0.717) is 12.8 Å². The molecule has 0 aromatic carbocycles. The second kappa shape index (κ2) is 14.7. The van der Waals surface area contributed by atoms with Crippen molar-refractivity contribution >= 4 is 48.1 Å². The molecule has 1 radical (unpaired) electrons.